The number of allylic oxidation sites excluding steroid dienone is 2. The summed E-state index contributed by atoms with van der Waals surface area (Å²) in [4.78, 5) is 0. The summed E-state index contributed by atoms with van der Waals surface area (Å²) in [5.41, 5.74) is 5.93. The normalized spacial score (nSPS) is 58.8. The minimum Gasteiger partial charge on any atom is -0.328 e. The molecule has 0 spiro atoms. The average molecular weight is 149 g/mol. The molecular weight excluding hydrogens is 134 g/mol. The molecule has 2 N–H and O–H groups in total. The third kappa shape index (κ3) is 0.652. The minimum atomic E-state index is 0.531. The summed E-state index contributed by atoms with van der Waals surface area (Å²) in [6, 6.07) is 0.531. The molecule has 3 aliphatic rings. The zero-order valence-electron chi connectivity index (χ0n) is 6.74. The van der Waals surface area contributed by atoms with Gasteiger partial charge in [0.1, 0.15) is 0 Å². The van der Waals surface area contributed by atoms with Crippen LogP contribution in [0.15, 0.2) is 12.2 Å². The standard InChI is InChI=1S/C10H15N/c11-6-4-9-7-2-1-3-8(7)10(9)5-6/h1-2,6-10H,3-5,11H2. The molecule has 0 bridgehead atoms. The van der Waals surface area contributed by atoms with Crippen molar-refractivity contribution in [1.29, 1.82) is 0 Å². The second-order valence-electron chi connectivity index (χ2n) is 4.46. The smallest absolute Gasteiger partial charge is 0.00446 e. The van der Waals surface area contributed by atoms with Crippen LogP contribution < -0.4 is 5.73 Å². The van der Waals surface area contributed by atoms with Crippen molar-refractivity contribution in [2.45, 2.75) is 25.3 Å². The van der Waals surface area contributed by atoms with Crippen LogP contribution in [0.5, 0.6) is 0 Å². The molecule has 60 valence electrons. The molecule has 11 heavy (non-hydrogen) atoms. The Balaban J connectivity index is 1.83. The van der Waals surface area contributed by atoms with E-state index in [2.05, 4.69) is 12.2 Å². The molecule has 0 heterocycles. The molecule has 1 nitrogen and oxygen atoms in total. The first kappa shape index (κ1) is 6.24. The maximum atomic E-state index is 5.93. The number of rotatable bonds is 0. The molecule has 0 saturated heterocycles. The Kier molecular flexibility index (Phi) is 1.07. The summed E-state index contributed by atoms with van der Waals surface area (Å²) in [6.07, 6.45) is 8.77. The van der Waals surface area contributed by atoms with Gasteiger partial charge in [0.15, 0.2) is 0 Å². The molecule has 3 rings (SSSR count). The van der Waals surface area contributed by atoms with Crippen LogP contribution in [0.3, 0.4) is 0 Å². The number of hydrogen-bond donors (Lipinski definition) is 1. The summed E-state index contributed by atoms with van der Waals surface area (Å²) < 4.78 is 0. The monoisotopic (exact) mass is 149 g/mol. The molecule has 0 amide bonds. The molecule has 0 aromatic carbocycles. The Morgan fingerprint density at radius 1 is 1.09 bits per heavy atom. The molecule has 0 aliphatic heterocycles. The van der Waals surface area contributed by atoms with Gasteiger partial charge < -0.3 is 5.73 Å². The van der Waals surface area contributed by atoms with E-state index in [4.69, 9.17) is 5.73 Å². The van der Waals surface area contributed by atoms with E-state index in [1.165, 1.54) is 19.3 Å². The van der Waals surface area contributed by atoms with Crippen molar-refractivity contribution in [1.82, 2.24) is 0 Å². The highest BCUT2D eigenvalue weighted by Gasteiger charge is 2.53. The summed E-state index contributed by atoms with van der Waals surface area (Å²) in [5, 5.41) is 0. The molecule has 1 heteroatoms. The topological polar surface area (TPSA) is 26.0 Å². The van der Waals surface area contributed by atoms with E-state index in [9.17, 15) is 0 Å². The van der Waals surface area contributed by atoms with Crippen LogP contribution in [0.1, 0.15) is 19.3 Å². The molecule has 2 fully saturated rings. The van der Waals surface area contributed by atoms with Crippen LogP contribution in [-0.2, 0) is 0 Å². The van der Waals surface area contributed by atoms with Crippen molar-refractivity contribution < 1.29 is 0 Å². The molecule has 5 unspecified atom stereocenters. The predicted octanol–water partition coefficient (Wildman–Crippen LogP) is 1.55. The molecule has 0 aromatic rings. The maximum absolute atomic E-state index is 5.93. The lowest BCUT2D eigenvalue weighted by atomic mass is 9.60. The lowest BCUT2D eigenvalue weighted by Crippen LogP contribution is -2.39. The second-order valence-corrected chi connectivity index (χ2v) is 4.46. The van der Waals surface area contributed by atoms with Crippen LogP contribution in [0.25, 0.3) is 0 Å². The second kappa shape index (κ2) is 1.89. The van der Waals surface area contributed by atoms with Crippen LogP contribution in [-0.4, -0.2) is 6.04 Å². The zero-order chi connectivity index (χ0) is 7.42. The van der Waals surface area contributed by atoms with E-state index in [0.717, 1.165) is 23.7 Å². The van der Waals surface area contributed by atoms with Crippen LogP contribution in [0, 0.1) is 23.7 Å². The highest BCUT2D eigenvalue weighted by atomic mass is 14.7. The Morgan fingerprint density at radius 3 is 2.82 bits per heavy atom. The Morgan fingerprint density at radius 2 is 1.91 bits per heavy atom. The number of hydrogen-bond acceptors (Lipinski definition) is 1. The first-order chi connectivity index (χ1) is 5.36. The van der Waals surface area contributed by atoms with Crippen molar-refractivity contribution >= 4 is 0 Å². The molecule has 2 saturated carbocycles. The number of nitrogens with two attached hydrogens (primary N) is 1. The Hall–Kier alpha value is -0.300. The zero-order valence-corrected chi connectivity index (χ0v) is 6.74. The van der Waals surface area contributed by atoms with Gasteiger partial charge in [-0.25, -0.2) is 0 Å². The SMILES string of the molecule is NC1CC2C3C=CCC3C2C1. The molecule has 3 aliphatic carbocycles. The van der Waals surface area contributed by atoms with Crippen LogP contribution in [0.2, 0.25) is 0 Å². The summed E-state index contributed by atoms with van der Waals surface area (Å²) in [5.74, 6) is 3.93. The lowest BCUT2D eigenvalue weighted by molar-refractivity contribution is 0.0514. The summed E-state index contributed by atoms with van der Waals surface area (Å²) >= 11 is 0. The maximum Gasteiger partial charge on any atom is 0.00446 e. The van der Waals surface area contributed by atoms with Crippen molar-refractivity contribution in [3.8, 4) is 0 Å². The van der Waals surface area contributed by atoms with Crippen molar-refractivity contribution in [2.24, 2.45) is 29.4 Å². The summed E-state index contributed by atoms with van der Waals surface area (Å²) in [7, 11) is 0. The van der Waals surface area contributed by atoms with Gasteiger partial charge in [0, 0.05) is 6.04 Å². The Bertz CT molecular complexity index is 209. The quantitative estimate of drug-likeness (QED) is 0.519. The average Bonchev–Trinajstić information content (AvgIpc) is 2.49. The molecule has 0 aromatic heterocycles. The van der Waals surface area contributed by atoms with Gasteiger partial charge in [-0.2, -0.15) is 0 Å². The highest BCUT2D eigenvalue weighted by molar-refractivity contribution is 5.16. The number of fused-ring (bicyclic) bond motifs is 4. The third-order valence-corrected chi connectivity index (χ3v) is 4.01. The highest BCUT2D eigenvalue weighted by Crippen LogP contribution is 2.59. The first-order valence-electron chi connectivity index (χ1n) is 4.78. The fourth-order valence-corrected chi connectivity index (χ4v) is 3.55. The van der Waals surface area contributed by atoms with Gasteiger partial charge in [-0.1, -0.05) is 12.2 Å². The molecule has 0 radical (unpaired) electrons. The van der Waals surface area contributed by atoms with Gasteiger partial charge >= 0.3 is 0 Å². The van der Waals surface area contributed by atoms with E-state index in [0.29, 0.717) is 6.04 Å². The van der Waals surface area contributed by atoms with Gasteiger partial charge in [0.05, 0.1) is 0 Å². The van der Waals surface area contributed by atoms with Gasteiger partial charge in [0.25, 0.3) is 0 Å². The van der Waals surface area contributed by atoms with Gasteiger partial charge in [0.2, 0.25) is 0 Å². The fraction of sp³-hybridized carbons (Fsp3) is 0.800. The largest absolute Gasteiger partial charge is 0.328 e. The fourth-order valence-electron chi connectivity index (χ4n) is 3.55. The van der Waals surface area contributed by atoms with Crippen molar-refractivity contribution in [3.63, 3.8) is 0 Å². The van der Waals surface area contributed by atoms with E-state index in [-0.39, 0.29) is 0 Å². The van der Waals surface area contributed by atoms with Gasteiger partial charge in [-0.3, -0.25) is 0 Å². The van der Waals surface area contributed by atoms with Crippen LogP contribution >= 0.6 is 0 Å². The predicted molar refractivity (Wildman–Crippen MR) is 44.9 cm³/mol. The molecular formula is C10H15N. The third-order valence-electron chi connectivity index (χ3n) is 4.01. The van der Waals surface area contributed by atoms with Gasteiger partial charge in [-0.05, 0) is 42.9 Å². The van der Waals surface area contributed by atoms with E-state index >= 15 is 0 Å². The summed E-state index contributed by atoms with van der Waals surface area (Å²) in [6.45, 7) is 0. The first-order valence-corrected chi connectivity index (χ1v) is 4.78. The van der Waals surface area contributed by atoms with E-state index in [1.54, 1.807) is 0 Å². The van der Waals surface area contributed by atoms with Gasteiger partial charge in [-0.15, -0.1) is 0 Å². The van der Waals surface area contributed by atoms with Crippen LogP contribution in [0.4, 0.5) is 0 Å². The van der Waals surface area contributed by atoms with Crippen molar-refractivity contribution in [2.75, 3.05) is 0 Å². The molecule has 5 atom stereocenters. The van der Waals surface area contributed by atoms with E-state index in [1.807, 2.05) is 0 Å². The Labute approximate surface area is 67.7 Å². The van der Waals surface area contributed by atoms with E-state index < -0.39 is 0 Å². The minimum absolute atomic E-state index is 0.531. The lowest BCUT2D eigenvalue weighted by Gasteiger charge is -2.44. The van der Waals surface area contributed by atoms with Crippen molar-refractivity contribution in [3.05, 3.63) is 12.2 Å².